The molecule has 2 N–H and O–H groups in total. The highest BCUT2D eigenvalue weighted by Gasteiger charge is 2.43. The van der Waals surface area contributed by atoms with E-state index in [1.54, 1.807) is 50.9 Å². The Morgan fingerprint density at radius 3 is 2.53 bits per heavy atom. The Kier molecular flexibility index (Phi) is 13.1. The van der Waals surface area contributed by atoms with Crippen LogP contribution < -0.4 is 5.32 Å². The molecule has 4 rings (SSSR count). The Hall–Kier alpha value is -4.59. The second kappa shape index (κ2) is 17.1. The number of nitriles is 1. The summed E-state index contributed by atoms with van der Waals surface area (Å²) in [6.45, 7) is 8.65. The predicted octanol–water partition coefficient (Wildman–Crippen LogP) is 7.68. The number of hydrogen-bond acceptors (Lipinski definition) is 7. The first-order valence-electron chi connectivity index (χ1n) is 17.4. The van der Waals surface area contributed by atoms with Crippen LogP contribution >= 0.6 is 11.6 Å². The topological polar surface area (TPSA) is 132 Å². The normalized spacial score (nSPS) is 15.7. The minimum atomic E-state index is -1.42. The highest BCUT2D eigenvalue weighted by Crippen LogP contribution is 2.46. The number of nitrogens with one attached hydrogen (secondary N) is 1. The van der Waals surface area contributed by atoms with Crippen molar-refractivity contribution in [2.24, 2.45) is 5.92 Å². The van der Waals surface area contributed by atoms with Gasteiger partial charge in [-0.15, -0.1) is 0 Å². The van der Waals surface area contributed by atoms with Crippen LogP contribution in [0.4, 0.5) is 9.59 Å². The molecule has 1 aliphatic heterocycles. The predicted molar refractivity (Wildman–Crippen MR) is 197 cm³/mol. The number of halogens is 1. The van der Waals surface area contributed by atoms with Gasteiger partial charge in [-0.3, -0.25) is 4.79 Å². The average Bonchev–Trinajstić information content (AvgIpc) is 3.12. The summed E-state index contributed by atoms with van der Waals surface area (Å²) in [6.07, 6.45) is 1.80. The van der Waals surface area contributed by atoms with Gasteiger partial charge in [0.15, 0.2) is 0 Å². The summed E-state index contributed by atoms with van der Waals surface area (Å²) >= 11 is 6.90. The van der Waals surface area contributed by atoms with E-state index in [1.807, 2.05) is 30.3 Å². The molecule has 10 nitrogen and oxygen atoms in total. The van der Waals surface area contributed by atoms with E-state index in [-0.39, 0.29) is 49.0 Å². The third-order valence-corrected chi connectivity index (χ3v) is 9.55. The molecule has 0 aromatic heterocycles. The quantitative estimate of drug-likeness (QED) is 0.195. The van der Waals surface area contributed by atoms with Crippen molar-refractivity contribution in [3.05, 3.63) is 93.5 Å². The lowest BCUT2D eigenvalue weighted by Gasteiger charge is -2.44. The number of carbonyl (C=O) groups is 3. The maximum Gasteiger partial charge on any atom is 0.410 e. The van der Waals surface area contributed by atoms with Crippen molar-refractivity contribution in [2.45, 2.75) is 77.5 Å². The van der Waals surface area contributed by atoms with Crippen LogP contribution in [0, 0.1) is 17.2 Å². The Balaban J connectivity index is 1.65. The number of alkyl carbamates (subject to hydrolysis) is 1. The monoisotopic (exact) mass is 716 g/mol. The maximum atomic E-state index is 14.1. The van der Waals surface area contributed by atoms with Gasteiger partial charge in [0.2, 0.25) is 0 Å². The van der Waals surface area contributed by atoms with Gasteiger partial charge in [-0.05, 0) is 93.3 Å². The van der Waals surface area contributed by atoms with E-state index in [0.29, 0.717) is 42.0 Å². The Bertz CT molecular complexity index is 1770. The van der Waals surface area contributed by atoms with E-state index in [4.69, 9.17) is 21.1 Å². The number of carbonyl (C=O) groups excluding carboxylic acids is 3. The molecule has 3 aromatic rings. The second-order valence-electron chi connectivity index (χ2n) is 14.1. The molecule has 0 radical (unpaired) electrons. The zero-order valence-electron chi connectivity index (χ0n) is 30.4. The molecule has 272 valence electrons. The number of rotatable bonds is 11. The van der Waals surface area contributed by atoms with E-state index in [9.17, 15) is 24.8 Å². The molecule has 0 saturated carbocycles. The third-order valence-electron chi connectivity index (χ3n) is 9.24. The van der Waals surface area contributed by atoms with E-state index >= 15 is 0 Å². The number of ether oxygens (including phenoxy) is 2. The maximum absolute atomic E-state index is 14.1. The first kappa shape index (κ1) is 39.2. The van der Waals surface area contributed by atoms with Crippen molar-refractivity contribution in [1.29, 1.82) is 5.26 Å². The Morgan fingerprint density at radius 1 is 1.10 bits per heavy atom. The third kappa shape index (κ3) is 9.81. The fraction of sp³-hybridized carbons (Fsp3) is 0.450. The van der Waals surface area contributed by atoms with E-state index in [1.165, 1.54) is 12.0 Å². The van der Waals surface area contributed by atoms with Crippen LogP contribution in [0.1, 0.15) is 86.0 Å². The lowest BCUT2D eigenvalue weighted by Crippen LogP contribution is -2.48. The molecule has 3 aromatic carbocycles. The van der Waals surface area contributed by atoms with Gasteiger partial charge in [-0.1, -0.05) is 61.0 Å². The van der Waals surface area contributed by atoms with Gasteiger partial charge < -0.3 is 29.7 Å². The highest BCUT2D eigenvalue weighted by molar-refractivity contribution is 6.33. The molecule has 0 spiro atoms. The number of benzene rings is 3. The van der Waals surface area contributed by atoms with E-state index < -0.39 is 23.4 Å². The average molecular weight is 717 g/mol. The molecule has 1 fully saturated rings. The van der Waals surface area contributed by atoms with Crippen LogP contribution in [-0.2, 0) is 28.0 Å². The van der Waals surface area contributed by atoms with Crippen LogP contribution in [0.2, 0.25) is 5.02 Å². The molecule has 0 aliphatic carbocycles. The van der Waals surface area contributed by atoms with Gasteiger partial charge in [0.1, 0.15) is 5.60 Å². The molecule has 0 bridgehead atoms. The second-order valence-corrected chi connectivity index (χ2v) is 14.5. The molecule has 11 heteroatoms. The number of piperidine rings is 1. The largest absolute Gasteiger partial charge is 0.453 e. The summed E-state index contributed by atoms with van der Waals surface area (Å²) in [7, 11) is 2.92. The fourth-order valence-electron chi connectivity index (χ4n) is 6.67. The number of nitrogens with zero attached hydrogens (tertiary/aromatic N) is 3. The molecule has 3 amide bonds. The van der Waals surface area contributed by atoms with Gasteiger partial charge in [-0.2, -0.15) is 5.26 Å². The Morgan fingerprint density at radius 2 is 1.84 bits per heavy atom. The van der Waals surface area contributed by atoms with Crippen molar-refractivity contribution in [1.82, 2.24) is 15.1 Å². The summed E-state index contributed by atoms with van der Waals surface area (Å²) < 4.78 is 10.2. The summed E-state index contributed by atoms with van der Waals surface area (Å²) in [6, 6.07) is 20.8. The van der Waals surface area contributed by atoms with Crippen molar-refractivity contribution in [3.63, 3.8) is 0 Å². The lowest BCUT2D eigenvalue weighted by molar-refractivity contribution is -0.0563. The van der Waals surface area contributed by atoms with Crippen molar-refractivity contribution >= 4 is 29.7 Å². The van der Waals surface area contributed by atoms with Crippen LogP contribution in [0.25, 0.3) is 11.1 Å². The molecular weight excluding hydrogens is 668 g/mol. The zero-order valence-corrected chi connectivity index (χ0v) is 31.2. The molecular formula is C40H49ClN4O6. The van der Waals surface area contributed by atoms with Gasteiger partial charge in [0.05, 0.1) is 29.9 Å². The van der Waals surface area contributed by atoms with Crippen molar-refractivity contribution in [2.75, 3.05) is 33.8 Å². The smallest absolute Gasteiger partial charge is 0.410 e. The van der Waals surface area contributed by atoms with Crippen LogP contribution in [0.5, 0.6) is 0 Å². The van der Waals surface area contributed by atoms with Crippen LogP contribution in [0.3, 0.4) is 0 Å². The minimum Gasteiger partial charge on any atom is -0.453 e. The van der Waals surface area contributed by atoms with Gasteiger partial charge in [-0.25, -0.2) is 9.59 Å². The van der Waals surface area contributed by atoms with Crippen molar-refractivity contribution < 1.29 is 29.0 Å². The summed E-state index contributed by atoms with van der Waals surface area (Å²) in [5.41, 5.74) is 2.50. The lowest BCUT2D eigenvalue weighted by atomic mass is 9.72. The first-order valence-corrected chi connectivity index (χ1v) is 17.8. The molecule has 1 aliphatic rings. The Labute approximate surface area is 306 Å². The minimum absolute atomic E-state index is 0.199. The summed E-state index contributed by atoms with van der Waals surface area (Å²) in [5.74, 6) is -0.688. The van der Waals surface area contributed by atoms with Crippen molar-refractivity contribution in [3.8, 4) is 17.2 Å². The summed E-state index contributed by atoms with van der Waals surface area (Å²) in [4.78, 5) is 41.5. The van der Waals surface area contributed by atoms with Gasteiger partial charge in [0, 0.05) is 49.7 Å². The van der Waals surface area contributed by atoms with E-state index in [2.05, 4.69) is 30.4 Å². The first-order chi connectivity index (χ1) is 24.2. The number of hydrogen-bond donors (Lipinski definition) is 2. The molecule has 1 heterocycles. The van der Waals surface area contributed by atoms with Gasteiger partial charge in [0.25, 0.3) is 5.91 Å². The fourth-order valence-corrected chi connectivity index (χ4v) is 6.96. The molecule has 2 unspecified atom stereocenters. The SMILES string of the molecule is CCc1cccc(-c2c(Cl)cccc2C(O)(CCCNC(=O)OC)C2CCCN(C(=O)c3ccc(CN(C)C(=O)OC(C)(C)C)cc3C#N)C2)c1. The molecule has 51 heavy (non-hydrogen) atoms. The van der Waals surface area contributed by atoms with Gasteiger partial charge >= 0.3 is 12.2 Å². The standard InChI is InChI=1S/C40H49ClN4O6/c1-7-27-12-8-13-29(22-27)35-33(15-9-16-34(35)41)40(49,19-11-20-43-37(47)50-6)31-14-10-21-45(26-31)36(46)32-18-17-28(23-30(32)24-42)25-44(5)38(48)51-39(2,3)4/h8-9,12-13,15-18,22-23,31,49H,7,10-11,14,19-21,25-26H2,1-6H3,(H,43,47). The highest BCUT2D eigenvalue weighted by atomic mass is 35.5. The summed E-state index contributed by atoms with van der Waals surface area (Å²) in [5, 5.41) is 26.2. The zero-order chi connectivity index (χ0) is 37.3. The number of aliphatic hydroxyl groups is 1. The van der Waals surface area contributed by atoms with Crippen LogP contribution in [0.15, 0.2) is 60.7 Å². The number of aryl methyl sites for hydroxylation is 1. The molecule has 1 saturated heterocycles. The number of likely N-dealkylation sites (tertiary alicyclic amines) is 1. The molecule has 2 atom stereocenters. The van der Waals surface area contributed by atoms with Crippen LogP contribution in [-0.4, -0.2) is 72.4 Å². The van der Waals surface area contributed by atoms with E-state index in [0.717, 1.165) is 23.1 Å². The number of amides is 3. The number of methoxy groups -OCH3 is 1.